The number of hydrogen-bond donors (Lipinski definition) is 1. The SMILES string of the molecule is CCCNC(CC)C(C)c1cc(OCC)nc(C)n1. The van der Waals surface area contributed by atoms with Crippen LogP contribution in [0.2, 0.25) is 0 Å². The fraction of sp³-hybridized carbons (Fsp3) is 0.733. The molecular weight excluding hydrogens is 238 g/mol. The van der Waals surface area contributed by atoms with Crippen molar-refractivity contribution in [1.29, 1.82) is 0 Å². The minimum Gasteiger partial charge on any atom is -0.478 e. The molecule has 0 amide bonds. The number of aryl methyl sites for hydroxylation is 1. The van der Waals surface area contributed by atoms with Crippen molar-refractivity contribution < 1.29 is 4.74 Å². The average molecular weight is 265 g/mol. The third-order valence-corrected chi connectivity index (χ3v) is 3.29. The molecule has 0 radical (unpaired) electrons. The van der Waals surface area contributed by atoms with Crippen LogP contribution in [0.5, 0.6) is 5.88 Å². The van der Waals surface area contributed by atoms with Crippen molar-refractivity contribution in [3.05, 3.63) is 17.6 Å². The molecule has 0 bridgehead atoms. The Hall–Kier alpha value is -1.16. The summed E-state index contributed by atoms with van der Waals surface area (Å²) in [5.74, 6) is 1.82. The maximum absolute atomic E-state index is 5.50. The lowest BCUT2D eigenvalue weighted by atomic mass is 9.95. The highest BCUT2D eigenvalue weighted by molar-refractivity contribution is 5.20. The molecule has 0 aliphatic rings. The van der Waals surface area contributed by atoms with Crippen molar-refractivity contribution >= 4 is 0 Å². The van der Waals surface area contributed by atoms with E-state index in [1.54, 1.807) is 0 Å². The highest BCUT2D eigenvalue weighted by Gasteiger charge is 2.19. The lowest BCUT2D eigenvalue weighted by molar-refractivity contribution is 0.323. The summed E-state index contributed by atoms with van der Waals surface area (Å²) in [5, 5.41) is 3.59. The molecule has 0 saturated heterocycles. The minimum atomic E-state index is 0.359. The van der Waals surface area contributed by atoms with Crippen molar-refractivity contribution in [3.8, 4) is 5.88 Å². The molecule has 108 valence electrons. The zero-order valence-electron chi connectivity index (χ0n) is 12.9. The number of hydrogen-bond acceptors (Lipinski definition) is 4. The van der Waals surface area contributed by atoms with Crippen LogP contribution in [0, 0.1) is 6.92 Å². The van der Waals surface area contributed by atoms with Gasteiger partial charge < -0.3 is 10.1 Å². The molecule has 4 nitrogen and oxygen atoms in total. The van der Waals surface area contributed by atoms with Crippen LogP contribution in [0.3, 0.4) is 0 Å². The minimum absolute atomic E-state index is 0.359. The van der Waals surface area contributed by atoms with Crippen molar-refractivity contribution in [1.82, 2.24) is 15.3 Å². The van der Waals surface area contributed by atoms with Crippen molar-refractivity contribution in [3.63, 3.8) is 0 Å². The molecule has 2 atom stereocenters. The molecule has 0 aliphatic carbocycles. The first-order chi connectivity index (χ1) is 9.12. The van der Waals surface area contributed by atoms with Gasteiger partial charge in [0.25, 0.3) is 0 Å². The third-order valence-electron chi connectivity index (χ3n) is 3.29. The van der Waals surface area contributed by atoms with Crippen LogP contribution in [0.25, 0.3) is 0 Å². The largest absolute Gasteiger partial charge is 0.478 e. The smallest absolute Gasteiger partial charge is 0.216 e. The summed E-state index contributed by atoms with van der Waals surface area (Å²) in [7, 11) is 0. The number of aromatic nitrogens is 2. The van der Waals surface area contributed by atoms with Crippen LogP contribution in [-0.4, -0.2) is 29.2 Å². The predicted octanol–water partition coefficient (Wildman–Crippen LogP) is 3.07. The van der Waals surface area contributed by atoms with Gasteiger partial charge in [0, 0.05) is 18.0 Å². The fourth-order valence-corrected chi connectivity index (χ4v) is 2.23. The highest BCUT2D eigenvalue weighted by Crippen LogP contribution is 2.22. The summed E-state index contributed by atoms with van der Waals surface area (Å²) in [6, 6.07) is 2.42. The molecule has 2 unspecified atom stereocenters. The van der Waals surface area contributed by atoms with Crippen molar-refractivity contribution in [2.75, 3.05) is 13.2 Å². The van der Waals surface area contributed by atoms with Gasteiger partial charge in [0.1, 0.15) is 5.82 Å². The summed E-state index contributed by atoms with van der Waals surface area (Å²) in [5.41, 5.74) is 1.06. The predicted molar refractivity (Wildman–Crippen MR) is 78.7 cm³/mol. The molecule has 1 aromatic rings. The topological polar surface area (TPSA) is 47.0 Å². The Bertz CT molecular complexity index is 382. The summed E-state index contributed by atoms with van der Waals surface area (Å²) < 4.78 is 5.50. The second kappa shape index (κ2) is 8.10. The fourth-order valence-electron chi connectivity index (χ4n) is 2.23. The Balaban J connectivity index is 2.86. The van der Waals surface area contributed by atoms with E-state index in [4.69, 9.17) is 4.74 Å². The number of nitrogens with zero attached hydrogens (tertiary/aromatic N) is 2. The van der Waals surface area contributed by atoms with Gasteiger partial charge in [0.05, 0.1) is 12.3 Å². The van der Waals surface area contributed by atoms with Crippen LogP contribution in [0.1, 0.15) is 58.0 Å². The van der Waals surface area contributed by atoms with Gasteiger partial charge in [-0.3, -0.25) is 0 Å². The molecule has 0 aliphatic heterocycles. The quantitative estimate of drug-likeness (QED) is 0.784. The monoisotopic (exact) mass is 265 g/mol. The number of ether oxygens (including phenoxy) is 1. The number of rotatable bonds is 8. The maximum Gasteiger partial charge on any atom is 0.216 e. The summed E-state index contributed by atoms with van der Waals surface area (Å²) in [4.78, 5) is 8.86. The van der Waals surface area contributed by atoms with Gasteiger partial charge in [-0.15, -0.1) is 0 Å². The Kier molecular flexibility index (Phi) is 6.78. The molecular formula is C15H27N3O. The van der Waals surface area contributed by atoms with Gasteiger partial charge in [-0.2, -0.15) is 4.98 Å². The number of nitrogens with one attached hydrogen (secondary N) is 1. The van der Waals surface area contributed by atoms with Crippen LogP contribution >= 0.6 is 0 Å². The molecule has 19 heavy (non-hydrogen) atoms. The van der Waals surface area contributed by atoms with E-state index in [-0.39, 0.29) is 0 Å². The Morgan fingerprint density at radius 2 is 2.00 bits per heavy atom. The van der Waals surface area contributed by atoms with Gasteiger partial charge in [0.15, 0.2) is 0 Å². The average Bonchev–Trinajstić information content (AvgIpc) is 2.39. The van der Waals surface area contributed by atoms with Crippen LogP contribution in [0.15, 0.2) is 6.07 Å². The van der Waals surface area contributed by atoms with E-state index < -0.39 is 0 Å². The zero-order chi connectivity index (χ0) is 14.3. The molecule has 0 fully saturated rings. The summed E-state index contributed by atoms with van der Waals surface area (Å²) >= 11 is 0. The molecule has 1 rings (SSSR count). The Morgan fingerprint density at radius 1 is 1.26 bits per heavy atom. The molecule has 0 spiro atoms. The van der Waals surface area contributed by atoms with E-state index in [2.05, 4.69) is 36.1 Å². The highest BCUT2D eigenvalue weighted by atomic mass is 16.5. The van der Waals surface area contributed by atoms with Gasteiger partial charge >= 0.3 is 0 Å². The van der Waals surface area contributed by atoms with Gasteiger partial charge in [-0.05, 0) is 33.2 Å². The van der Waals surface area contributed by atoms with Crippen molar-refractivity contribution in [2.45, 2.75) is 59.4 Å². The lowest BCUT2D eigenvalue weighted by Crippen LogP contribution is -2.34. The maximum atomic E-state index is 5.50. The van der Waals surface area contributed by atoms with Crippen LogP contribution < -0.4 is 10.1 Å². The standard InChI is InChI=1S/C15H27N3O/c1-6-9-16-13(7-2)11(4)14-10-15(19-8-3)18-12(5)17-14/h10-11,13,16H,6-9H2,1-5H3. The first-order valence-corrected chi connectivity index (χ1v) is 7.34. The summed E-state index contributed by atoms with van der Waals surface area (Å²) in [6.45, 7) is 12.2. The Morgan fingerprint density at radius 3 is 2.58 bits per heavy atom. The molecule has 4 heteroatoms. The first kappa shape index (κ1) is 15.9. The first-order valence-electron chi connectivity index (χ1n) is 7.34. The third kappa shape index (κ3) is 4.78. The molecule has 0 saturated carbocycles. The second-order valence-electron chi connectivity index (χ2n) is 4.87. The normalized spacial score (nSPS) is 14.2. The van der Waals surface area contributed by atoms with Gasteiger partial charge in [0.2, 0.25) is 5.88 Å². The van der Waals surface area contributed by atoms with E-state index in [0.29, 0.717) is 24.4 Å². The van der Waals surface area contributed by atoms with Gasteiger partial charge in [-0.25, -0.2) is 4.98 Å². The van der Waals surface area contributed by atoms with Crippen LogP contribution in [0.4, 0.5) is 0 Å². The van der Waals surface area contributed by atoms with E-state index in [0.717, 1.165) is 30.9 Å². The zero-order valence-corrected chi connectivity index (χ0v) is 12.9. The van der Waals surface area contributed by atoms with Gasteiger partial charge in [-0.1, -0.05) is 20.8 Å². The molecule has 1 N–H and O–H groups in total. The summed E-state index contributed by atoms with van der Waals surface area (Å²) in [6.07, 6.45) is 2.24. The Labute approximate surface area is 117 Å². The van der Waals surface area contributed by atoms with Crippen molar-refractivity contribution in [2.24, 2.45) is 0 Å². The molecule has 1 heterocycles. The van der Waals surface area contributed by atoms with E-state index in [1.807, 2.05) is 19.9 Å². The van der Waals surface area contributed by atoms with E-state index in [1.165, 1.54) is 0 Å². The second-order valence-corrected chi connectivity index (χ2v) is 4.87. The lowest BCUT2D eigenvalue weighted by Gasteiger charge is -2.24. The molecule has 1 aromatic heterocycles. The van der Waals surface area contributed by atoms with E-state index in [9.17, 15) is 0 Å². The molecule has 0 aromatic carbocycles. The van der Waals surface area contributed by atoms with Crippen LogP contribution in [-0.2, 0) is 0 Å². The van der Waals surface area contributed by atoms with E-state index >= 15 is 0 Å².